The molecule has 1 aromatic carbocycles. The van der Waals surface area contributed by atoms with E-state index in [1.807, 2.05) is 0 Å². The van der Waals surface area contributed by atoms with E-state index < -0.39 is 5.97 Å². The van der Waals surface area contributed by atoms with Crippen LogP contribution in [0.25, 0.3) is 11.8 Å². The van der Waals surface area contributed by atoms with Crippen LogP contribution >= 0.6 is 11.6 Å². The van der Waals surface area contributed by atoms with Gasteiger partial charge in [-0.3, -0.25) is 4.79 Å². The van der Waals surface area contributed by atoms with Crippen molar-refractivity contribution in [2.45, 2.75) is 13.8 Å². The van der Waals surface area contributed by atoms with E-state index in [4.69, 9.17) is 16.3 Å². The zero-order chi connectivity index (χ0) is 18.4. The Labute approximate surface area is 149 Å². The molecule has 2 aromatic rings. The van der Waals surface area contributed by atoms with Crippen molar-refractivity contribution in [3.63, 3.8) is 0 Å². The molecule has 0 saturated heterocycles. The van der Waals surface area contributed by atoms with Crippen LogP contribution in [0.1, 0.15) is 18.2 Å². The minimum absolute atomic E-state index is 0.275. The number of amides is 1. The lowest BCUT2D eigenvalue weighted by atomic mass is 10.2. The summed E-state index contributed by atoms with van der Waals surface area (Å²) in [5.41, 5.74) is 1.70. The van der Waals surface area contributed by atoms with E-state index >= 15 is 0 Å². The van der Waals surface area contributed by atoms with Gasteiger partial charge in [0.1, 0.15) is 11.0 Å². The molecule has 1 amide bonds. The molecule has 0 spiro atoms. The number of aryl methyl sites for hydroxylation is 1. The normalized spacial score (nSPS) is 10.9. The highest BCUT2D eigenvalue weighted by atomic mass is 35.5. The Morgan fingerprint density at radius 1 is 1.36 bits per heavy atom. The molecule has 8 heteroatoms. The van der Waals surface area contributed by atoms with Gasteiger partial charge < -0.3 is 10.1 Å². The Morgan fingerprint density at radius 3 is 2.68 bits per heavy atom. The molecule has 2 rings (SSSR count). The third-order valence-corrected chi connectivity index (χ3v) is 3.59. The van der Waals surface area contributed by atoms with Crippen LogP contribution in [0.2, 0.25) is 5.15 Å². The molecule has 0 fully saturated rings. The van der Waals surface area contributed by atoms with Gasteiger partial charge in [0.25, 0.3) is 5.91 Å². The molecule has 1 N–H and O–H groups in total. The van der Waals surface area contributed by atoms with Crippen molar-refractivity contribution in [3.8, 4) is 5.69 Å². The van der Waals surface area contributed by atoms with Gasteiger partial charge in [-0.2, -0.15) is 5.10 Å². The van der Waals surface area contributed by atoms with E-state index in [1.165, 1.54) is 29.0 Å². The highest BCUT2D eigenvalue weighted by Crippen LogP contribution is 2.24. The second-order valence-corrected chi connectivity index (χ2v) is 5.43. The first-order valence-electron chi connectivity index (χ1n) is 7.55. The minimum atomic E-state index is -0.670. The minimum Gasteiger partial charge on any atom is -0.452 e. The number of carbonyl (C=O) groups excluding carboxylic acids is 2. The molecule has 1 aromatic heterocycles. The molecule has 0 unspecified atom stereocenters. The van der Waals surface area contributed by atoms with Crippen molar-refractivity contribution in [1.82, 2.24) is 15.1 Å². The Hall–Kier alpha value is -2.67. The maximum absolute atomic E-state index is 13.0. The lowest BCUT2D eigenvalue weighted by Crippen LogP contribution is -2.28. The van der Waals surface area contributed by atoms with Crippen LogP contribution < -0.4 is 5.32 Å². The van der Waals surface area contributed by atoms with Crippen molar-refractivity contribution in [3.05, 3.63) is 52.6 Å². The maximum Gasteiger partial charge on any atom is 0.331 e. The van der Waals surface area contributed by atoms with Crippen molar-refractivity contribution >= 4 is 29.6 Å². The van der Waals surface area contributed by atoms with Gasteiger partial charge >= 0.3 is 5.97 Å². The fourth-order valence-electron chi connectivity index (χ4n) is 2.04. The Kier molecular flexibility index (Phi) is 6.30. The van der Waals surface area contributed by atoms with E-state index in [1.54, 1.807) is 26.0 Å². The quantitative estimate of drug-likeness (QED) is 0.631. The van der Waals surface area contributed by atoms with Gasteiger partial charge in [0, 0.05) is 18.2 Å². The first kappa shape index (κ1) is 18.7. The van der Waals surface area contributed by atoms with Crippen LogP contribution in [0.3, 0.4) is 0 Å². The number of ether oxygens (including phenoxy) is 1. The topological polar surface area (TPSA) is 73.2 Å². The molecule has 1 heterocycles. The third-order valence-electron chi connectivity index (χ3n) is 3.22. The maximum atomic E-state index is 13.0. The number of rotatable bonds is 6. The average molecular weight is 366 g/mol. The van der Waals surface area contributed by atoms with Crippen LogP contribution in [0, 0.1) is 12.7 Å². The molecule has 0 radical (unpaired) electrons. The van der Waals surface area contributed by atoms with Crippen molar-refractivity contribution in [1.29, 1.82) is 0 Å². The Balaban J connectivity index is 2.11. The van der Waals surface area contributed by atoms with E-state index in [-0.39, 0.29) is 23.5 Å². The number of hydrogen-bond acceptors (Lipinski definition) is 4. The number of benzene rings is 1. The summed E-state index contributed by atoms with van der Waals surface area (Å²) in [6, 6.07) is 5.69. The van der Waals surface area contributed by atoms with Crippen LogP contribution in [0.5, 0.6) is 0 Å². The van der Waals surface area contributed by atoms with Gasteiger partial charge in [-0.05, 0) is 44.2 Å². The number of aromatic nitrogens is 2. The summed E-state index contributed by atoms with van der Waals surface area (Å²) in [4.78, 5) is 22.9. The van der Waals surface area contributed by atoms with Gasteiger partial charge in [0.2, 0.25) is 0 Å². The van der Waals surface area contributed by atoms with Gasteiger partial charge in [0.05, 0.1) is 11.4 Å². The average Bonchev–Trinajstić information content (AvgIpc) is 2.86. The lowest BCUT2D eigenvalue weighted by Gasteiger charge is -2.03. The van der Waals surface area contributed by atoms with Crippen LogP contribution in [0.15, 0.2) is 30.3 Å². The largest absolute Gasteiger partial charge is 0.452 e. The summed E-state index contributed by atoms with van der Waals surface area (Å²) >= 11 is 6.30. The molecular formula is C17H17ClFN3O3. The Bertz CT molecular complexity index is 800. The van der Waals surface area contributed by atoms with E-state index in [0.717, 1.165) is 0 Å². The first-order chi connectivity index (χ1) is 11.9. The van der Waals surface area contributed by atoms with Crippen molar-refractivity contribution in [2.75, 3.05) is 13.2 Å². The smallest absolute Gasteiger partial charge is 0.331 e. The second-order valence-electron chi connectivity index (χ2n) is 5.07. The van der Waals surface area contributed by atoms with Crippen LogP contribution in [-0.2, 0) is 14.3 Å². The molecule has 25 heavy (non-hydrogen) atoms. The van der Waals surface area contributed by atoms with Gasteiger partial charge in [-0.1, -0.05) is 11.6 Å². The predicted molar refractivity (Wildman–Crippen MR) is 91.9 cm³/mol. The molecule has 132 valence electrons. The summed E-state index contributed by atoms with van der Waals surface area (Å²) in [6.45, 7) is 3.61. The molecule has 6 nitrogen and oxygen atoms in total. The van der Waals surface area contributed by atoms with Crippen LogP contribution in [-0.4, -0.2) is 34.8 Å². The molecule has 0 aliphatic heterocycles. The fourth-order valence-corrected chi connectivity index (χ4v) is 2.37. The molecule has 0 saturated carbocycles. The van der Waals surface area contributed by atoms with Gasteiger partial charge in [-0.15, -0.1) is 0 Å². The molecule has 0 aliphatic carbocycles. The number of esters is 1. The van der Waals surface area contributed by atoms with E-state index in [9.17, 15) is 14.0 Å². The lowest BCUT2D eigenvalue weighted by molar-refractivity contribution is -0.143. The first-order valence-corrected chi connectivity index (χ1v) is 7.92. The number of nitrogens with one attached hydrogen (secondary N) is 1. The summed E-state index contributed by atoms with van der Waals surface area (Å²) in [7, 11) is 0. The van der Waals surface area contributed by atoms with Gasteiger partial charge in [-0.25, -0.2) is 13.9 Å². The summed E-state index contributed by atoms with van der Waals surface area (Å²) in [5.74, 6) is -1.41. The summed E-state index contributed by atoms with van der Waals surface area (Å²) < 4.78 is 19.3. The number of halogens is 2. The van der Waals surface area contributed by atoms with Crippen LogP contribution in [0.4, 0.5) is 4.39 Å². The SMILES string of the molecule is CCNC(=O)COC(=O)C=Cc1c(C)nn(-c2ccc(F)cc2)c1Cl. The van der Waals surface area contributed by atoms with Gasteiger partial charge in [0.15, 0.2) is 6.61 Å². The highest BCUT2D eigenvalue weighted by molar-refractivity contribution is 6.31. The van der Waals surface area contributed by atoms with E-state index in [2.05, 4.69) is 10.4 Å². The molecule has 0 bridgehead atoms. The third kappa shape index (κ3) is 4.90. The number of carbonyl (C=O) groups is 2. The number of nitrogens with zero attached hydrogens (tertiary/aromatic N) is 2. The monoisotopic (exact) mass is 365 g/mol. The fraction of sp³-hybridized carbons (Fsp3) is 0.235. The Morgan fingerprint density at radius 2 is 2.04 bits per heavy atom. The highest BCUT2D eigenvalue weighted by Gasteiger charge is 2.13. The predicted octanol–water partition coefficient (Wildman–Crippen LogP) is 2.67. The van der Waals surface area contributed by atoms with Crippen molar-refractivity contribution < 1.29 is 18.7 Å². The summed E-state index contributed by atoms with van der Waals surface area (Å²) in [5, 5.41) is 7.07. The molecular weight excluding hydrogens is 349 g/mol. The zero-order valence-electron chi connectivity index (χ0n) is 13.8. The second kappa shape index (κ2) is 8.43. The molecule has 0 aliphatic rings. The van der Waals surface area contributed by atoms with Crippen molar-refractivity contribution in [2.24, 2.45) is 0 Å². The number of hydrogen-bond donors (Lipinski definition) is 1. The standard InChI is InChI=1S/C17H17ClFN3O3/c1-3-20-15(23)10-25-16(24)9-8-14-11(2)21-22(17(14)18)13-6-4-12(19)5-7-13/h4-9H,3,10H2,1-2H3,(H,20,23). The zero-order valence-corrected chi connectivity index (χ0v) is 14.5. The van der Waals surface area contributed by atoms with E-state index in [0.29, 0.717) is 23.5 Å². The molecule has 0 atom stereocenters. The number of likely N-dealkylation sites (N-methyl/N-ethyl adjacent to an activating group) is 1. The summed E-state index contributed by atoms with van der Waals surface area (Å²) in [6.07, 6.45) is 2.63.